The Balaban J connectivity index is 2.06. The van der Waals surface area contributed by atoms with E-state index in [9.17, 15) is 0 Å². The summed E-state index contributed by atoms with van der Waals surface area (Å²) in [6, 6.07) is 0. The van der Waals surface area contributed by atoms with E-state index in [0.717, 1.165) is 0 Å². The van der Waals surface area contributed by atoms with Crippen LogP contribution in [0.5, 0.6) is 0 Å². The van der Waals surface area contributed by atoms with Gasteiger partial charge < -0.3 is 9.80 Å². The lowest BCUT2D eigenvalue weighted by Crippen LogP contribution is -2.36. The van der Waals surface area contributed by atoms with Crippen LogP contribution in [0.2, 0.25) is 0 Å². The fourth-order valence-corrected chi connectivity index (χ4v) is 3.22. The van der Waals surface area contributed by atoms with Crippen LogP contribution in [-0.2, 0) is 0 Å². The maximum atomic E-state index is 2.55. The second-order valence-electron chi connectivity index (χ2n) is 6.65. The first-order valence-corrected chi connectivity index (χ1v) is 9.45. The van der Waals surface area contributed by atoms with Crippen LogP contribution in [-0.4, -0.2) is 29.6 Å². The zero-order valence-electron chi connectivity index (χ0n) is 14.8. The SMILES string of the molecule is CCCCCCCCCCC1N(C)C=CN1CCCCC. The summed E-state index contributed by atoms with van der Waals surface area (Å²) in [5.41, 5.74) is 0. The third kappa shape index (κ3) is 7.78. The van der Waals surface area contributed by atoms with E-state index in [1.54, 1.807) is 0 Å². The highest BCUT2D eigenvalue weighted by Crippen LogP contribution is 2.21. The predicted molar refractivity (Wildman–Crippen MR) is 94.1 cm³/mol. The molecule has 0 aromatic rings. The van der Waals surface area contributed by atoms with E-state index < -0.39 is 0 Å². The summed E-state index contributed by atoms with van der Waals surface area (Å²) in [5, 5.41) is 0. The molecule has 0 saturated carbocycles. The second-order valence-corrected chi connectivity index (χ2v) is 6.65. The molecular weight excluding hydrogens is 256 g/mol. The maximum absolute atomic E-state index is 2.55. The Morgan fingerprint density at radius 1 is 0.714 bits per heavy atom. The summed E-state index contributed by atoms with van der Waals surface area (Å²) in [7, 11) is 2.23. The molecule has 2 heteroatoms. The van der Waals surface area contributed by atoms with E-state index in [-0.39, 0.29) is 0 Å². The Hall–Kier alpha value is -0.660. The lowest BCUT2D eigenvalue weighted by molar-refractivity contribution is 0.159. The van der Waals surface area contributed by atoms with Gasteiger partial charge in [-0.15, -0.1) is 0 Å². The fraction of sp³-hybridized carbons (Fsp3) is 0.895. The standard InChI is InChI=1S/C19H38N2/c1-4-6-8-9-10-11-12-13-15-19-20(3)17-18-21(19)16-14-7-5-2/h17-19H,4-16H2,1-3H3. The molecule has 0 amide bonds. The van der Waals surface area contributed by atoms with Crippen LogP contribution in [0.4, 0.5) is 0 Å². The Labute approximate surface area is 133 Å². The molecule has 0 aromatic heterocycles. The highest BCUT2D eigenvalue weighted by atomic mass is 15.4. The number of hydrogen-bond donors (Lipinski definition) is 0. The van der Waals surface area contributed by atoms with Gasteiger partial charge in [0.25, 0.3) is 0 Å². The van der Waals surface area contributed by atoms with Crippen LogP contribution >= 0.6 is 0 Å². The van der Waals surface area contributed by atoms with Crippen molar-refractivity contribution in [2.24, 2.45) is 0 Å². The van der Waals surface area contributed by atoms with Crippen molar-refractivity contribution in [1.82, 2.24) is 9.80 Å². The van der Waals surface area contributed by atoms with Crippen molar-refractivity contribution in [3.05, 3.63) is 12.4 Å². The summed E-state index contributed by atoms with van der Waals surface area (Å²) < 4.78 is 0. The smallest absolute Gasteiger partial charge is 0.100 e. The zero-order valence-corrected chi connectivity index (χ0v) is 14.8. The summed E-state index contributed by atoms with van der Waals surface area (Å²) in [4.78, 5) is 4.95. The largest absolute Gasteiger partial charge is 0.359 e. The predicted octanol–water partition coefficient (Wildman–Crippen LogP) is 5.75. The van der Waals surface area contributed by atoms with Crippen LogP contribution in [0.25, 0.3) is 0 Å². The van der Waals surface area contributed by atoms with E-state index in [4.69, 9.17) is 0 Å². The fourth-order valence-electron chi connectivity index (χ4n) is 3.22. The van der Waals surface area contributed by atoms with Crippen LogP contribution in [0.3, 0.4) is 0 Å². The van der Waals surface area contributed by atoms with Gasteiger partial charge in [-0.1, -0.05) is 71.6 Å². The minimum atomic E-state index is 0.627. The van der Waals surface area contributed by atoms with E-state index in [2.05, 4.69) is 43.1 Å². The topological polar surface area (TPSA) is 6.48 Å². The van der Waals surface area contributed by atoms with E-state index in [1.807, 2.05) is 0 Å². The number of nitrogens with zero attached hydrogens (tertiary/aromatic N) is 2. The highest BCUT2D eigenvalue weighted by molar-refractivity contribution is 4.95. The first kappa shape index (κ1) is 18.4. The second kappa shape index (κ2) is 11.9. The van der Waals surface area contributed by atoms with Gasteiger partial charge in [0, 0.05) is 26.0 Å². The number of unbranched alkanes of at least 4 members (excludes halogenated alkanes) is 9. The van der Waals surface area contributed by atoms with Crippen LogP contribution in [0, 0.1) is 0 Å². The van der Waals surface area contributed by atoms with Crippen molar-refractivity contribution in [1.29, 1.82) is 0 Å². The molecule has 0 fully saturated rings. The zero-order chi connectivity index (χ0) is 15.3. The molecule has 1 aliphatic rings. The van der Waals surface area contributed by atoms with Crippen LogP contribution in [0.1, 0.15) is 90.9 Å². The average Bonchev–Trinajstić information content (AvgIpc) is 2.83. The molecule has 2 nitrogen and oxygen atoms in total. The van der Waals surface area contributed by atoms with Crippen molar-refractivity contribution < 1.29 is 0 Å². The molecule has 0 radical (unpaired) electrons. The van der Waals surface area contributed by atoms with Gasteiger partial charge >= 0.3 is 0 Å². The van der Waals surface area contributed by atoms with Crippen LogP contribution in [0.15, 0.2) is 12.4 Å². The van der Waals surface area contributed by atoms with Gasteiger partial charge in [-0.05, 0) is 19.3 Å². The monoisotopic (exact) mass is 294 g/mol. The van der Waals surface area contributed by atoms with Gasteiger partial charge in [0.1, 0.15) is 6.17 Å². The molecule has 1 rings (SSSR count). The van der Waals surface area contributed by atoms with Crippen molar-refractivity contribution >= 4 is 0 Å². The molecule has 1 atom stereocenters. The first-order valence-electron chi connectivity index (χ1n) is 9.45. The molecule has 1 heterocycles. The van der Waals surface area contributed by atoms with Crippen molar-refractivity contribution in [3.63, 3.8) is 0 Å². The van der Waals surface area contributed by atoms with E-state index >= 15 is 0 Å². The Bertz CT molecular complexity index is 262. The minimum absolute atomic E-state index is 0.627. The summed E-state index contributed by atoms with van der Waals surface area (Å²) >= 11 is 0. The maximum Gasteiger partial charge on any atom is 0.100 e. The summed E-state index contributed by atoms with van der Waals surface area (Å²) in [6.07, 6.45) is 21.9. The van der Waals surface area contributed by atoms with Crippen molar-refractivity contribution in [2.45, 2.75) is 97.1 Å². The lowest BCUT2D eigenvalue weighted by atomic mass is 10.1. The molecule has 21 heavy (non-hydrogen) atoms. The highest BCUT2D eigenvalue weighted by Gasteiger charge is 2.22. The Kier molecular flexibility index (Phi) is 10.5. The summed E-state index contributed by atoms with van der Waals surface area (Å²) in [5.74, 6) is 0. The molecule has 0 bridgehead atoms. The molecule has 0 spiro atoms. The molecule has 1 aliphatic heterocycles. The molecule has 0 aromatic carbocycles. The van der Waals surface area contributed by atoms with E-state index in [1.165, 1.54) is 83.6 Å². The van der Waals surface area contributed by atoms with E-state index in [0.29, 0.717) is 6.17 Å². The van der Waals surface area contributed by atoms with Gasteiger partial charge in [0.2, 0.25) is 0 Å². The van der Waals surface area contributed by atoms with Gasteiger partial charge in [0.05, 0.1) is 0 Å². The Morgan fingerprint density at radius 2 is 1.29 bits per heavy atom. The third-order valence-electron chi connectivity index (χ3n) is 4.68. The van der Waals surface area contributed by atoms with Gasteiger partial charge in [-0.25, -0.2) is 0 Å². The minimum Gasteiger partial charge on any atom is -0.359 e. The van der Waals surface area contributed by atoms with Gasteiger partial charge in [-0.3, -0.25) is 0 Å². The first-order chi connectivity index (χ1) is 10.3. The molecule has 1 unspecified atom stereocenters. The van der Waals surface area contributed by atoms with Crippen LogP contribution < -0.4 is 0 Å². The number of hydrogen-bond acceptors (Lipinski definition) is 2. The third-order valence-corrected chi connectivity index (χ3v) is 4.68. The van der Waals surface area contributed by atoms with Crippen molar-refractivity contribution in [3.8, 4) is 0 Å². The average molecular weight is 295 g/mol. The molecule has 0 N–H and O–H groups in total. The molecule has 0 saturated heterocycles. The molecular formula is C19H38N2. The van der Waals surface area contributed by atoms with Gasteiger partial charge in [-0.2, -0.15) is 0 Å². The molecule has 124 valence electrons. The quantitative estimate of drug-likeness (QED) is 0.399. The van der Waals surface area contributed by atoms with Gasteiger partial charge in [0.15, 0.2) is 0 Å². The summed E-state index contributed by atoms with van der Waals surface area (Å²) in [6.45, 7) is 5.80. The Morgan fingerprint density at radius 3 is 1.95 bits per heavy atom. The number of rotatable bonds is 13. The normalized spacial score (nSPS) is 18.0. The molecule has 0 aliphatic carbocycles. The van der Waals surface area contributed by atoms with Crippen molar-refractivity contribution in [2.75, 3.05) is 13.6 Å². The lowest BCUT2D eigenvalue weighted by Gasteiger charge is -2.30.